The fourth-order valence-corrected chi connectivity index (χ4v) is 1.21. The van der Waals surface area contributed by atoms with E-state index in [4.69, 9.17) is 0 Å². The standard InChI is InChI=1S/C8H11IN2/c1-7(2)3-4-11-6-8(9)5-10-11/h5-6H,1,3-4H2,2H3. The summed E-state index contributed by atoms with van der Waals surface area (Å²) in [5, 5.41) is 4.16. The lowest BCUT2D eigenvalue weighted by atomic mass is 10.2. The first kappa shape index (κ1) is 8.77. The van der Waals surface area contributed by atoms with E-state index in [1.54, 1.807) is 0 Å². The Bertz CT molecular complexity index is 252. The fraction of sp³-hybridized carbons (Fsp3) is 0.375. The summed E-state index contributed by atoms with van der Waals surface area (Å²) in [7, 11) is 0. The lowest BCUT2D eigenvalue weighted by Crippen LogP contribution is -1.97. The van der Waals surface area contributed by atoms with Gasteiger partial charge in [0.25, 0.3) is 0 Å². The van der Waals surface area contributed by atoms with Crippen molar-refractivity contribution in [2.75, 3.05) is 0 Å². The van der Waals surface area contributed by atoms with Crippen molar-refractivity contribution in [1.29, 1.82) is 0 Å². The van der Waals surface area contributed by atoms with Gasteiger partial charge in [0.05, 0.1) is 9.77 Å². The highest BCUT2D eigenvalue weighted by Gasteiger charge is 1.93. The zero-order valence-electron chi connectivity index (χ0n) is 6.55. The topological polar surface area (TPSA) is 17.8 Å². The smallest absolute Gasteiger partial charge is 0.0623 e. The van der Waals surface area contributed by atoms with Crippen LogP contribution in [0.2, 0.25) is 0 Å². The molecular weight excluding hydrogens is 251 g/mol. The molecule has 0 spiro atoms. The summed E-state index contributed by atoms with van der Waals surface area (Å²) >= 11 is 2.25. The number of nitrogens with zero attached hydrogens (tertiary/aromatic N) is 2. The summed E-state index contributed by atoms with van der Waals surface area (Å²) in [5.41, 5.74) is 1.20. The monoisotopic (exact) mass is 262 g/mol. The summed E-state index contributed by atoms with van der Waals surface area (Å²) in [4.78, 5) is 0. The van der Waals surface area contributed by atoms with E-state index in [1.807, 2.05) is 24.0 Å². The number of hydrogen-bond donors (Lipinski definition) is 0. The third-order valence-corrected chi connectivity index (χ3v) is 1.93. The zero-order valence-corrected chi connectivity index (χ0v) is 8.71. The Morgan fingerprint density at radius 2 is 2.55 bits per heavy atom. The molecule has 0 aliphatic rings. The molecule has 11 heavy (non-hydrogen) atoms. The molecule has 0 atom stereocenters. The Hall–Kier alpha value is -0.320. The van der Waals surface area contributed by atoms with Crippen LogP contribution in [0.3, 0.4) is 0 Å². The molecular formula is C8H11IN2. The first-order chi connectivity index (χ1) is 5.18. The molecule has 0 amide bonds. The molecule has 0 aliphatic carbocycles. The third kappa shape index (κ3) is 3.05. The Morgan fingerprint density at radius 3 is 3.00 bits per heavy atom. The molecule has 1 aromatic heterocycles. The number of aryl methyl sites for hydroxylation is 1. The molecule has 60 valence electrons. The van der Waals surface area contributed by atoms with Crippen LogP contribution in [0.25, 0.3) is 0 Å². The van der Waals surface area contributed by atoms with Crippen molar-refractivity contribution in [3.63, 3.8) is 0 Å². The minimum atomic E-state index is 0.943. The van der Waals surface area contributed by atoms with Gasteiger partial charge in [0.1, 0.15) is 0 Å². The first-order valence-corrected chi connectivity index (χ1v) is 4.58. The highest BCUT2D eigenvalue weighted by Crippen LogP contribution is 2.03. The van der Waals surface area contributed by atoms with Crippen molar-refractivity contribution < 1.29 is 0 Å². The van der Waals surface area contributed by atoms with Crippen LogP contribution in [0.4, 0.5) is 0 Å². The molecule has 1 aromatic rings. The van der Waals surface area contributed by atoms with Gasteiger partial charge >= 0.3 is 0 Å². The predicted molar refractivity (Wildman–Crippen MR) is 54.4 cm³/mol. The highest BCUT2D eigenvalue weighted by molar-refractivity contribution is 14.1. The zero-order chi connectivity index (χ0) is 8.27. The van der Waals surface area contributed by atoms with Crippen molar-refractivity contribution in [3.8, 4) is 0 Å². The van der Waals surface area contributed by atoms with E-state index in [1.165, 1.54) is 9.14 Å². The van der Waals surface area contributed by atoms with Crippen LogP contribution in [0.15, 0.2) is 24.5 Å². The average molecular weight is 262 g/mol. The van der Waals surface area contributed by atoms with E-state index in [0.29, 0.717) is 0 Å². The minimum Gasteiger partial charge on any atom is -0.271 e. The second-order valence-corrected chi connectivity index (χ2v) is 3.87. The van der Waals surface area contributed by atoms with E-state index in [-0.39, 0.29) is 0 Å². The summed E-state index contributed by atoms with van der Waals surface area (Å²) in [6.45, 7) is 6.81. The highest BCUT2D eigenvalue weighted by atomic mass is 127. The molecule has 0 unspecified atom stereocenters. The van der Waals surface area contributed by atoms with Gasteiger partial charge in [0.2, 0.25) is 0 Å². The molecule has 2 nitrogen and oxygen atoms in total. The summed E-state index contributed by atoms with van der Waals surface area (Å²) in [6.07, 6.45) is 4.90. The lowest BCUT2D eigenvalue weighted by Gasteiger charge is -1.98. The van der Waals surface area contributed by atoms with Crippen LogP contribution in [0.1, 0.15) is 13.3 Å². The van der Waals surface area contributed by atoms with Crippen molar-refractivity contribution >= 4 is 22.6 Å². The molecule has 0 saturated heterocycles. The molecule has 1 rings (SSSR count). The third-order valence-electron chi connectivity index (χ3n) is 1.37. The van der Waals surface area contributed by atoms with E-state index >= 15 is 0 Å². The van der Waals surface area contributed by atoms with Crippen molar-refractivity contribution in [2.45, 2.75) is 19.9 Å². The lowest BCUT2D eigenvalue weighted by molar-refractivity contribution is 0.613. The molecule has 0 aliphatic heterocycles. The maximum Gasteiger partial charge on any atom is 0.0623 e. The van der Waals surface area contributed by atoms with Gasteiger partial charge in [-0.15, -0.1) is 6.58 Å². The second-order valence-electron chi connectivity index (χ2n) is 2.63. The van der Waals surface area contributed by atoms with Crippen LogP contribution < -0.4 is 0 Å². The molecule has 0 radical (unpaired) electrons. The average Bonchev–Trinajstić information content (AvgIpc) is 2.31. The molecule has 1 heterocycles. The number of halogens is 1. The van der Waals surface area contributed by atoms with Gasteiger partial charge in [0.15, 0.2) is 0 Å². The maximum atomic E-state index is 4.16. The number of allylic oxidation sites excluding steroid dienone is 1. The van der Waals surface area contributed by atoms with E-state index in [0.717, 1.165) is 13.0 Å². The van der Waals surface area contributed by atoms with Crippen molar-refractivity contribution in [1.82, 2.24) is 9.78 Å². The Kier molecular flexibility index (Phi) is 3.11. The number of aromatic nitrogens is 2. The fourth-order valence-electron chi connectivity index (χ4n) is 0.766. The van der Waals surface area contributed by atoms with Crippen LogP contribution >= 0.6 is 22.6 Å². The van der Waals surface area contributed by atoms with Gasteiger partial charge in [-0.2, -0.15) is 5.10 Å². The van der Waals surface area contributed by atoms with E-state index in [9.17, 15) is 0 Å². The second kappa shape index (κ2) is 3.90. The van der Waals surface area contributed by atoms with Crippen LogP contribution in [-0.4, -0.2) is 9.78 Å². The molecule has 0 N–H and O–H groups in total. The molecule has 0 fully saturated rings. The maximum absolute atomic E-state index is 4.16. The van der Waals surface area contributed by atoms with Crippen molar-refractivity contribution in [3.05, 3.63) is 28.1 Å². The van der Waals surface area contributed by atoms with Gasteiger partial charge in [-0.1, -0.05) is 5.57 Å². The van der Waals surface area contributed by atoms with Gasteiger partial charge < -0.3 is 0 Å². The quantitative estimate of drug-likeness (QED) is 0.604. The first-order valence-electron chi connectivity index (χ1n) is 3.51. The van der Waals surface area contributed by atoms with Gasteiger partial charge in [0, 0.05) is 12.7 Å². The minimum absolute atomic E-state index is 0.943. The normalized spacial score (nSPS) is 10.0. The summed E-state index contributed by atoms with van der Waals surface area (Å²) < 4.78 is 3.13. The van der Waals surface area contributed by atoms with Crippen LogP contribution in [-0.2, 0) is 6.54 Å². The van der Waals surface area contributed by atoms with Gasteiger partial charge in [-0.05, 0) is 35.9 Å². The number of hydrogen-bond acceptors (Lipinski definition) is 1. The Balaban J connectivity index is 2.45. The predicted octanol–water partition coefficient (Wildman–Crippen LogP) is 2.45. The largest absolute Gasteiger partial charge is 0.271 e. The van der Waals surface area contributed by atoms with E-state index in [2.05, 4.69) is 34.3 Å². The molecule has 0 saturated carbocycles. The van der Waals surface area contributed by atoms with Gasteiger partial charge in [-0.25, -0.2) is 0 Å². The SMILES string of the molecule is C=C(C)CCn1cc(I)cn1. The molecule has 3 heteroatoms. The summed E-state index contributed by atoms with van der Waals surface area (Å²) in [5.74, 6) is 0. The van der Waals surface area contributed by atoms with Gasteiger partial charge in [-0.3, -0.25) is 4.68 Å². The van der Waals surface area contributed by atoms with E-state index < -0.39 is 0 Å². The van der Waals surface area contributed by atoms with Crippen molar-refractivity contribution in [2.24, 2.45) is 0 Å². The van der Waals surface area contributed by atoms with Crippen LogP contribution in [0, 0.1) is 3.57 Å². The van der Waals surface area contributed by atoms with Crippen LogP contribution in [0.5, 0.6) is 0 Å². The molecule has 0 aromatic carbocycles. The molecule has 0 bridgehead atoms. The Labute approximate surface area is 80.4 Å². The Morgan fingerprint density at radius 1 is 1.82 bits per heavy atom. The summed E-state index contributed by atoms with van der Waals surface area (Å²) in [6, 6.07) is 0. The number of rotatable bonds is 3.